The van der Waals surface area contributed by atoms with Gasteiger partial charge in [0.1, 0.15) is 17.1 Å². The van der Waals surface area contributed by atoms with E-state index in [0.29, 0.717) is 12.2 Å². The van der Waals surface area contributed by atoms with Crippen LogP contribution in [-0.2, 0) is 6.54 Å². The Morgan fingerprint density at radius 3 is 2.78 bits per heavy atom. The standard InChI is InChI=1S/C13H15N3O2/c1-9-5-4-6-12(14-9)13(17)16(3)8-11-7-10(2)18-15-11/h4-7H,8H2,1-3H3. The summed E-state index contributed by atoms with van der Waals surface area (Å²) in [5.41, 5.74) is 2.00. The third-order valence-electron chi connectivity index (χ3n) is 2.53. The van der Waals surface area contributed by atoms with E-state index in [1.807, 2.05) is 32.0 Å². The summed E-state index contributed by atoms with van der Waals surface area (Å²) in [4.78, 5) is 17.9. The molecule has 0 aliphatic carbocycles. The zero-order valence-corrected chi connectivity index (χ0v) is 10.7. The number of nitrogens with zero attached hydrogens (tertiary/aromatic N) is 3. The number of carbonyl (C=O) groups excluding carboxylic acids is 1. The van der Waals surface area contributed by atoms with Crippen LogP contribution in [0.4, 0.5) is 0 Å². The van der Waals surface area contributed by atoms with Gasteiger partial charge in [0.25, 0.3) is 5.91 Å². The summed E-state index contributed by atoms with van der Waals surface area (Å²) in [6.45, 7) is 4.09. The van der Waals surface area contributed by atoms with Crippen LogP contribution in [0, 0.1) is 13.8 Å². The molecule has 0 aliphatic rings. The molecule has 0 saturated heterocycles. The first-order valence-electron chi connectivity index (χ1n) is 5.67. The van der Waals surface area contributed by atoms with Crippen LogP contribution < -0.4 is 0 Å². The fourth-order valence-corrected chi connectivity index (χ4v) is 1.66. The van der Waals surface area contributed by atoms with Crippen LogP contribution in [0.2, 0.25) is 0 Å². The first-order valence-corrected chi connectivity index (χ1v) is 5.67. The van der Waals surface area contributed by atoms with Crippen molar-refractivity contribution in [2.24, 2.45) is 0 Å². The normalized spacial score (nSPS) is 10.4. The third-order valence-corrected chi connectivity index (χ3v) is 2.53. The molecule has 0 radical (unpaired) electrons. The quantitative estimate of drug-likeness (QED) is 0.829. The van der Waals surface area contributed by atoms with Crippen LogP contribution >= 0.6 is 0 Å². The van der Waals surface area contributed by atoms with Gasteiger partial charge in [-0.1, -0.05) is 11.2 Å². The largest absolute Gasteiger partial charge is 0.361 e. The highest BCUT2D eigenvalue weighted by Gasteiger charge is 2.14. The van der Waals surface area contributed by atoms with Gasteiger partial charge in [0.2, 0.25) is 0 Å². The molecular weight excluding hydrogens is 230 g/mol. The lowest BCUT2D eigenvalue weighted by Crippen LogP contribution is -2.27. The molecule has 0 N–H and O–H groups in total. The Bertz CT molecular complexity index is 563. The van der Waals surface area contributed by atoms with Gasteiger partial charge in [0.15, 0.2) is 0 Å². The van der Waals surface area contributed by atoms with Gasteiger partial charge in [0, 0.05) is 18.8 Å². The monoisotopic (exact) mass is 245 g/mol. The van der Waals surface area contributed by atoms with Gasteiger partial charge >= 0.3 is 0 Å². The van der Waals surface area contributed by atoms with Crippen molar-refractivity contribution in [2.45, 2.75) is 20.4 Å². The molecule has 0 spiro atoms. The van der Waals surface area contributed by atoms with Crippen molar-refractivity contribution in [1.82, 2.24) is 15.0 Å². The smallest absolute Gasteiger partial charge is 0.272 e. The molecule has 2 aromatic rings. The zero-order valence-electron chi connectivity index (χ0n) is 10.7. The molecule has 0 bridgehead atoms. The third kappa shape index (κ3) is 2.74. The Morgan fingerprint density at radius 2 is 2.17 bits per heavy atom. The van der Waals surface area contributed by atoms with E-state index in [1.165, 1.54) is 0 Å². The van der Waals surface area contributed by atoms with Crippen molar-refractivity contribution in [1.29, 1.82) is 0 Å². The molecule has 0 aromatic carbocycles. The molecule has 18 heavy (non-hydrogen) atoms. The Kier molecular flexibility index (Phi) is 3.41. The molecule has 5 heteroatoms. The van der Waals surface area contributed by atoms with Gasteiger partial charge in [-0.3, -0.25) is 4.79 Å². The van der Waals surface area contributed by atoms with Crippen molar-refractivity contribution in [3.05, 3.63) is 47.1 Å². The molecule has 2 rings (SSSR count). The first-order chi connectivity index (χ1) is 8.56. The molecule has 2 aromatic heterocycles. The zero-order chi connectivity index (χ0) is 13.1. The minimum absolute atomic E-state index is 0.126. The summed E-state index contributed by atoms with van der Waals surface area (Å²) in [6.07, 6.45) is 0. The summed E-state index contributed by atoms with van der Waals surface area (Å²) in [6, 6.07) is 7.20. The number of hydrogen-bond acceptors (Lipinski definition) is 4. The minimum Gasteiger partial charge on any atom is -0.361 e. The average molecular weight is 245 g/mol. The van der Waals surface area contributed by atoms with Gasteiger partial charge in [-0.25, -0.2) is 4.98 Å². The summed E-state index contributed by atoms with van der Waals surface area (Å²) in [5.74, 6) is 0.610. The minimum atomic E-state index is -0.126. The van der Waals surface area contributed by atoms with E-state index >= 15 is 0 Å². The highest BCUT2D eigenvalue weighted by molar-refractivity contribution is 5.92. The van der Waals surface area contributed by atoms with E-state index in [-0.39, 0.29) is 5.91 Å². The van der Waals surface area contributed by atoms with Crippen molar-refractivity contribution in [3.8, 4) is 0 Å². The SMILES string of the molecule is Cc1cccc(C(=O)N(C)Cc2cc(C)on2)n1. The van der Waals surface area contributed by atoms with E-state index in [4.69, 9.17) is 4.52 Å². The summed E-state index contributed by atoms with van der Waals surface area (Å²) < 4.78 is 4.97. The molecule has 1 amide bonds. The number of rotatable bonds is 3. The molecule has 0 fully saturated rings. The molecule has 5 nitrogen and oxygen atoms in total. The van der Waals surface area contributed by atoms with Crippen LogP contribution in [0.3, 0.4) is 0 Å². The van der Waals surface area contributed by atoms with Crippen LogP contribution in [0.25, 0.3) is 0 Å². The number of hydrogen-bond donors (Lipinski definition) is 0. The van der Waals surface area contributed by atoms with Gasteiger partial charge in [-0.2, -0.15) is 0 Å². The second-order valence-electron chi connectivity index (χ2n) is 4.25. The number of carbonyl (C=O) groups is 1. The van der Waals surface area contributed by atoms with E-state index in [9.17, 15) is 4.79 Å². The maximum atomic E-state index is 12.1. The number of pyridine rings is 1. The van der Waals surface area contributed by atoms with Gasteiger partial charge in [-0.05, 0) is 26.0 Å². The number of amides is 1. The topological polar surface area (TPSA) is 59.2 Å². The van der Waals surface area contributed by atoms with Crippen molar-refractivity contribution >= 4 is 5.91 Å². The second kappa shape index (κ2) is 5.00. The molecule has 0 saturated carbocycles. The maximum absolute atomic E-state index is 12.1. The van der Waals surface area contributed by atoms with Crippen LogP contribution in [0.15, 0.2) is 28.8 Å². The lowest BCUT2D eigenvalue weighted by Gasteiger charge is -2.14. The number of aryl methyl sites for hydroxylation is 2. The maximum Gasteiger partial charge on any atom is 0.272 e. The van der Waals surface area contributed by atoms with Gasteiger partial charge in [-0.15, -0.1) is 0 Å². The van der Waals surface area contributed by atoms with Crippen LogP contribution in [0.1, 0.15) is 27.6 Å². The lowest BCUT2D eigenvalue weighted by molar-refractivity contribution is 0.0776. The average Bonchev–Trinajstić information content (AvgIpc) is 2.73. The second-order valence-corrected chi connectivity index (χ2v) is 4.25. The highest BCUT2D eigenvalue weighted by Crippen LogP contribution is 2.08. The fraction of sp³-hybridized carbons (Fsp3) is 0.308. The van der Waals surface area contributed by atoms with Gasteiger partial charge in [0.05, 0.1) is 6.54 Å². The number of aromatic nitrogens is 2. The van der Waals surface area contributed by atoms with Crippen LogP contribution in [0.5, 0.6) is 0 Å². The predicted octanol–water partition coefficient (Wildman–Crippen LogP) is 1.96. The molecule has 0 unspecified atom stereocenters. The lowest BCUT2D eigenvalue weighted by atomic mass is 10.2. The highest BCUT2D eigenvalue weighted by atomic mass is 16.5. The molecular formula is C13H15N3O2. The van der Waals surface area contributed by atoms with E-state index in [1.54, 1.807) is 18.0 Å². The van der Waals surface area contributed by atoms with Crippen LogP contribution in [-0.4, -0.2) is 28.0 Å². The van der Waals surface area contributed by atoms with E-state index in [2.05, 4.69) is 10.1 Å². The Morgan fingerprint density at radius 1 is 1.39 bits per heavy atom. The van der Waals surface area contributed by atoms with Gasteiger partial charge < -0.3 is 9.42 Å². The summed E-state index contributed by atoms with van der Waals surface area (Å²) >= 11 is 0. The summed E-state index contributed by atoms with van der Waals surface area (Å²) in [5, 5.41) is 3.86. The Labute approximate surface area is 105 Å². The molecule has 94 valence electrons. The predicted molar refractivity (Wildman–Crippen MR) is 66.0 cm³/mol. The van der Waals surface area contributed by atoms with E-state index in [0.717, 1.165) is 17.1 Å². The van der Waals surface area contributed by atoms with Crippen molar-refractivity contribution < 1.29 is 9.32 Å². The van der Waals surface area contributed by atoms with E-state index < -0.39 is 0 Å². The van der Waals surface area contributed by atoms with Crippen molar-refractivity contribution in [3.63, 3.8) is 0 Å². The Balaban J connectivity index is 2.09. The Hall–Kier alpha value is -2.17. The van der Waals surface area contributed by atoms with Crippen molar-refractivity contribution in [2.75, 3.05) is 7.05 Å². The molecule has 2 heterocycles. The fourth-order valence-electron chi connectivity index (χ4n) is 1.66. The summed E-state index contributed by atoms with van der Waals surface area (Å²) in [7, 11) is 1.72. The molecule has 0 atom stereocenters. The first kappa shape index (κ1) is 12.3. The molecule has 0 aliphatic heterocycles.